The molecule has 4 heteroatoms. The monoisotopic (exact) mass is 301 g/mol. The third-order valence-corrected chi connectivity index (χ3v) is 4.18. The number of halogens is 1. The van der Waals surface area contributed by atoms with Gasteiger partial charge in [-0.1, -0.05) is 32.0 Å². The van der Waals surface area contributed by atoms with E-state index in [0.29, 0.717) is 0 Å². The number of oxime groups is 1. The van der Waals surface area contributed by atoms with Gasteiger partial charge in [-0.05, 0) is 34.5 Å². The first-order valence-corrected chi connectivity index (χ1v) is 6.61. The largest absolute Gasteiger partial charge is 0.411 e. The molecule has 0 saturated heterocycles. The number of nitrogens with zero attached hydrogens (tertiary/aromatic N) is 1. The van der Waals surface area contributed by atoms with Gasteiger partial charge in [0, 0.05) is 19.7 Å². The summed E-state index contributed by atoms with van der Waals surface area (Å²) in [6, 6.07) is 4.12. The predicted molar refractivity (Wildman–Crippen MR) is 73.9 cm³/mol. The lowest BCUT2D eigenvalue weighted by molar-refractivity contribution is 0.321. The topological polar surface area (TPSA) is 32.6 Å². The van der Waals surface area contributed by atoms with Crippen molar-refractivity contribution in [3.8, 4) is 0 Å². The third kappa shape index (κ3) is 3.52. The molecule has 0 aliphatic heterocycles. The highest BCUT2D eigenvalue weighted by molar-refractivity contribution is 9.10. The second-order valence-corrected chi connectivity index (χ2v) is 7.23. The molecule has 0 fully saturated rings. The Balaban J connectivity index is 3.23. The fourth-order valence-electron chi connectivity index (χ4n) is 1.28. The van der Waals surface area contributed by atoms with Gasteiger partial charge in [-0.25, -0.2) is 0 Å². The van der Waals surface area contributed by atoms with Crippen molar-refractivity contribution in [1.29, 1.82) is 0 Å². The van der Waals surface area contributed by atoms with Crippen LogP contribution in [0.25, 0.3) is 0 Å². The number of hydrogen-bond acceptors (Lipinski definition) is 3. The van der Waals surface area contributed by atoms with Crippen LogP contribution in [0.4, 0.5) is 0 Å². The standard InChI is InChI=1S/C12H16BrNOS/c1-8-5-6-10(16-12(2,3)4)9(7-14-15)11(8)13/h5-7,15H,1-4H3. The van der Waals surface area contributed by atoms with Crippen molar-refractivity contribution in [1.82, 2.24) is 0 Å². The highest BCUT2D eigenvalue weighted by atomic mass is 79.9. The fraction of sp³-hybridized carbons (Fsp3) is 0.417. The minimum atomic E-state index is 0.132. The predicted octanol–water partition coefficient (Wildman–Crippen LogP) is 4.46. The van der Waals surface area contributed by atoms with Gasteiger partial charge in [0.1, 0.15) is 0 Å². The van der Waals surface area contributed by atoms with Gasteiger partial charge in [-0.15, -0.1) is 11.8 Å². The Morgan fingerprint density at radius 3 is 2.50 bits per heavy atom. The molecule has 0 amide bonds. The molecule has 0 saturated carbocycles. The van der Waals surface area contributed by atoms with E-state index in [4.69, 9.17) is 5.21 Å². The van der Waals surface area contributed by atoms with Crippen LogP contribution in [0, 0.1) is 6.92 Å². The van der Waals surface area contributed by atoms with Gasteiger partial charge in [0.05, 0.1) is 6.21 Å². The van der Waals surface area contributed by atoms with Gasteiger partial charge in [0.2, 0.25) is 0 Å². The Labute approximate surface area is 109 Å². The average Bonchev–Trinajstić information content (AvgIpc) is 2.15. The lowest BCUT2D eigenvalue weighted by Gasteiger charge is -2.19. The van der Waals surface area contributed by atoms with E-state index >= 15 is 0 Å². The highest BCUT2D eigenvalue weighted by Gasteiger charge is 2.16. The van der Waals surface area contributed by atoms with Crippen LogP contribution in [0.5, 0.6) is 0 Å². The van der Waals surface area contributed by atoms with Crippen LogP contribution >= 0.6 is 27.7 Å². The molecule has 0 heterocycles. The van der Waals surface area contributed by atoms with Crippen molar-refractivity contribution in [3.05, 3.63) is 27.7 Å². The van der Waals surface area contributed by atoms with Crippen LogP contribution in [0.2, 0.25) is 0 Å². The summed E-state index contributed by atoms with van der Waals surface area (Å²) in [6.07, 6.45) is 1.48. The Kier molecular flexibility index (Phi) is 4.44. The minimum Gasteiger partial charge on any atom is -0.411 e. The summed E-state index contributed by atoms with van der Waals surface area (Å²) in [7, 11) is 0. The summed E-state index contributed by atoms with van der Waals surface area (Å²) in [4.78, 5) is 1.11. The van der Waals surface area contributed by atoms with Gasteiger partial charge >= 0.3 is 0 Å². The zero-order valence-corrected chi connectivity index (χ0v) is 12.3. The second-order valence-electron chi connectivity index (χ2n) is 4.57. The highest BCUT2D eigenvalue weighted by Crippen LogP contribution is 2.37. The van der Waals surface area contributed by atoms with Crippen LogP contribution in [0.3, 0.4) is 0 Å². The van der Waals surface area contributed by atoms with Crippen molar-refractivity contribution >= 4 is 33.9 Å². The van der Waals surface area contributed by atoms with E-state index < -0.39 is 0 Å². The van der Waals surface area contributed by atoms with Gasteiger partial charge in [0.25, 0.3) is 0 Å². The van der Waals surface area contributed by atoms with Gasteiger partial charge in [-0.3, -0.25) is 0 Å². The smallest absolute Gasteiger partial charge is 0.0756 e. The molecule has 1 N–H and O–H groups in total. The molecule has 0 unspecified atom stereocenters. The lowest BCUT2D eigenvalue weighted by Crippen LogP contribution is -2.08. The SMILES string of the molecule is Cc1ccc(SC(C)(C)C)c(C=NO)c1Br. The van der Waals surface area contributed by atoms with Gasteiger partial charge in [0.15, 0.2) is 0 Å². The van der Waals surface area contributed by atoms with E-state index in [2.05, 4.69) is 54.0 Å². The third-order valence-electron chi connectivity index (χ3n) is 1.94. The number of aryl methyl sites for hydroxylation is 1. The first-order valence-electron chi connectivity index (χ1n) is 5.00. The molecule has 0 spiro atoms. The number of thioether (sulfide) groups is 1. The van der Waals surface area contributed by atoms with Crippen LogP contribution < -0.4 is 0 Å². The molecule has 0 atom stereocenters. The summed E-state index contributed by atoms with van der Waals surface area (Å²) in [6.45, 7) is 8.49. The summed E-state index contributed by atoms with van der Waals surface area (Å²) >= 11 is 5.28. The van der Waals surface area contributed by atoms with Crippen LogP contribution in [0.15, 0.2) is 26.7 Å². The van der Waals surface area contributed by atoms with Crippen molar-refractivity contribution in [2.75, 3.05) is 0 Å². The minimum absolute atomic E-state index is 0.132. The number of rotatable bonds is 2. The molecule has 1 aromatic rings. The van der Waals surface area contributed by atoms with Crippen molar-refractivity contribution in [3.63, 3.8) is 0 Å². The first kappa shape index (κ1) is 13.6. The van der Waals surface area contributed by atoms with Crippen molar-refractivity contribution in [2.45, 2.75) is 37.3 Å². The number of benzene rings is 1. The Morgan fingerprint density at radius 2 is 2.00 bits per heavy atom. The van der Waals surface area contributed by atoms with E-state index in [1.807, 2.05) is 6.92 Å². The Morgan fingerprint density at radius 1 is 1.38 bits per heavy atom. The molecule has 0 bridgehead atoms. The van der Waals surface area contributed by atoms with Gasteiger partial charge in [-0.2, -0.15) is 0 Å². The summed E-state index contributed by atoms with van der Waals surface area (Å²) in [5.41, 5.74) is 2.07. The zero-order chi connectivity index (χ0) is 12.3. The zero-order valence-electron chi connectivity index (χ0n) is 9.91. The Hall–Kier alpha value is -0.480. The van der Waals surface area contributed by atoms with Gasteiger partial charge < -0.3 is 5.21 Å². The van der Waals surface area contributed by atoms with E-state index in [1.165, 1.54) is 6.21 Å². The molecule has 88 valence electrons. The summed E-state index contributed by atoms with van der Waals surface area (Å²) in [5, 5.41) is 11.8. The van der Waals surface area contributed by atoms with Crippen LogP contribution in [-0.2, 0) is 0 Å². The molecule has 1 aromatic carbocycles. The maximum atomic E-state index is 8.70. The molecule has 0 aliphatic carbocycles. The molecule has 1 rings (SSSR count). The van der Waals surface area contributed by atoms with Crippen LogP contribution in [0.1, 0.15) is 31.9 Å². The summed E-state index contributed by atoms with van der Waals surface area (Å²) < 4.78 is 1.12. The molecule has 0 aromatic heterocycles. The Bertz CT molecular complexity index is 410. The van der Waals surface area contributed by atoms with Crippen molar-refractivity contribution < 1.29 is 5.21 Å². The molecular weight excluding hydrogens is 286 g/mol. The normalized spacial score (nSPS) is 12.3. The molecular formula is C12H16BrNOS. The van der Waals surface area contributed by atoms with Crippen molar-refractivity contribution in [2.24, 2.45) is 5.16 Å². The quantitative estimate of drug-likeness (QED) is 0.379. The first-order chi connectivity index (χ1) is 7.35. The fourth-order valence-corrected chi connectivity index (χ4v) is 2.92. The maximum absolute atomic E-state index is 8.70. The maximum Gasteiger partial charge on any atom is 0.0756 e. The number of hydrogen-bond donors (Lipinski definition) is 1. The average molecular weight is 302 g/mol. The van der Waals surface area contributed by atoms with E-state index in [9.17, 15) is 0 Å². The van der Waals surface area contributed by atoms with E-state index in [-0.39, 0.29) is 4.75 Å². The van der Waals surface area contributed by atoms with Crippen LogP contribution in [-0.4, -0.2) is 16.2 Å². The van der Waals surface area contributed by atoms with E-state index in [0.717, 1.165) is 20.5 Å². The molecule has 16 heavy (non-hydrogen) atoms. The molecule has 0 radical (unpaired) electrons. The lowest BCUT2D eigenvalue weighted by atomic mass is 10.1. The van der Waals surface area contributed by atoms with E-state index in [1.54, 1.807) is 11.8 Å². The summed E-state index contributed by atoms with van der Waals surface area (Å²) in [5.74, 6) is 0. The molecule has 2 nitrogen and oxygen atoms in total. The molecule has 0 aliphatic rings. The second kappa shape index (κ2) is 5.23.